The number of rotatable bonds is 7. The molecule has 1 aromatic heterocycles. The van der Waals surface area contributed by atoms with Gasteiger partial charge in [0.1, 0.15) is 21.5 Å². The topological polar surface area (TPSA) is 68.3 Å². The van der Waals surface area contributed by atoms with Crippen LogP contribution < -0.4 is 9.46 Å². The first kappa shape index (κ1) is 20.4. The van der Waals surface area contributed by atoms with Crippen molar-refractivity contribution in [2.75, 3.05) is 13.7 Å². The first-order chi connectivity index (χ1) is 13.3. The molecule has 5 nitrogen and oxygen atoms in total. The summed E-state index contributed by atoms with van der Waals surface area (Å²) in [4.78, 5) is 5.39. The molecule has 3 aromatic rings. The van der Waals surface area contributed by atoms with Gasteiger partial charge in [-0.05, 0) is 38.5 Å². The summed E-state index contributed by atoms with van der Waals surface area (Å²) in [5.74, 6) is -0.535. The monoisotopic (exact) mass is 420 g/mol. The Morgan fingerprint density at radius 2 is 1.86 bits per heavy atom. The van der Waals surface area contributed by atoms with E-state index in [-0.39, 0.29) is 17.2 Å². The molecule has 0 aliphatic carbocycles. The number of aryl methyl sites for hydroxylation is 2. The first-order valence-electron chi connectivity index (χ1n) is 8.66. The lowest BCUT2D eigenvalue weighted by Gasteiger charge is -2.10. The Morgan fingerprint density at radius 3 is 2.54 bits per heavy atom. The van der Waals surface area contributed by atoms with Gasteiger partial charge in [-0.25, -0.2) is 22.5 Å². The highest BCUT2D eigenvalue weighted by Gasteiger charge is 2.20. The van der Waals surface area contributed by atoms with Crippen LogP contribution in [0.5, 0.6) is 5.75 Å². The Morgan fingerprint density at radius 1 is 1.14 bits per heavy atom. The second-order valence-electron chi connectivity index (χ2n) is 6.34. The molecule has 0 fully saturated rings. The van der Waals surface area contributed by atoms with Gasteiger partial charge < -0.3 is 4.74 Å². The minimum Gasteiger partial charge on any atom is -0.495 e. The average molecular weight is 421 g/mol. The predicted octanol–water partition coefficient (Wildman–Crippen LogP) is 4.10. The van der Waals surface area contributed by atoms with Crippen LogP contribution >= 0.6 is 11.3 Å². The molecule has 0 aliphatic rings. The molecule has 8 heteroatoms. The third kappa shape index (κ3) is 4.57. The van der Waals surface area contributed by atoms with Crippen molar-refractivity contribution in [1.29, 1.82) is 0 Å². The zero-order valence-corrected chi connectivity index (χ0v) is 17.5. The van der Waals surface area contributed by atoms with E-state index in [4.69, 9.17) is 4.74 Å². The predicted molar refractivity (Wildman–Crippen MR) is 109 cm³/mol. The fourth-order valence-corrected chi connectivity index (χ4v) is 4.99. The van der Waals surface area contributed by atoms with Crippen LogP contribution in [0.4, 0.5) is 4.39 Å². The minimum atomic E-state index is -3.89. The molecular formula is C20H21FN2O3S2. The number of sulfonamides is 1. The summed E-state index contributed by atoms with van der Waals surface area (Å²) in [6, 6.07) is 11.5. The number of aromatic nitrogens is 1. The van der Waals surface area contributed by atoms with Gasteiger partial charge in [0.25, 0.3) is 0 Å². The summed E-state index contributed by atoms with van der Waals surface area (Å²) in [6.45, 7) is 4.12. The second kappa shape index (κ2) is 8.38. The lowest BCUT2D eigenvalue weighted by Crippen LogP contribution is -2.26. The number of nitrogens with zero attached hydrogens (tertiary/aromatic N) is 1. The molecule has 3 rings (SSSR count). The molecule has 2 aromatic carbocycles. The fraction of sp³-hybridized carbons (Fsp3) is 0.250. The highest BCUT2D eigenvalue weighted by molar-refractivity contribution is 7.89. The average Bonchev–Trinajstić information content (AvgIpc) is 3.03. The molecule has 0 radical (unpaired) electrons. The third-order valence-electron chi connectivity index (χ3n) is 4.25. The molecule has 0 unspecified atom stereocenters. The van der Waals surface area contributed by atoms with Gasteiger partial charge in [-0.3, -0.25) is 0 Å². The molecule has 0 aliphatic heterocycles. The largest absolute Gasteiger partial charge is 0.495 e. The minimum absolute atomic E-state index is 0.101. The number of methoxy groups -OCH3 is 1. The molecule has 0 atom stereocenters. The first-order valence-corrected chi connectivity index (χ1v) is 11.0. The van der Waals surface area contributed by atoms with E-state index in [9.17, 15) is 12.8 Å². The number of halogens is 1. The standard InChI is InChI=1S/C20H21FN2O3S2/c1-13-4-6-15(7-5-13)20-23-14(2)18(27-20)10-11-22-28(24,25)19-12-16(21)8-9-17(19)26-3/h4-9,12,22H,10-11H2,1-3H3. The summed E-state index contributed by atoms with van der Waals surface area (Å²) in [7, 11) is -2.54. The quantitative estimate of drug-likeness (QED) is 0.625. The maximum Gasteiger partial charge on any atom is 0.244 e. The molecule has 1 heterocycles. The number of hydrogen-bond acceptors (Lipinski definition) is 5. The number of thiazole rings is 1. The molecule has 0 saturated carbocycles. The highest BCUT2D eigenvalue weighted by atomic mass is 32.2. The lowest BCUT2D eigenvalue weighted by molar-refractivity contribution is 0.400. The Kier molecular flexibility index (Phi) is 6.12. The maximum atomic E-state index is 13.5. The van der Waals surface area contributed by atoms with Crippen LogP contribution in [0.1, 0.15) is 16.1 Å². The molecule has 0 spiro atoms. The number of benzene rings is 2. The molecule has 0 bridgehead atoms. The van der Waals surface area contributed by atoms with Crippen molar-refractivity contribution in [2.24, 2.45) is 0 Å². The van der Waals surface area contributed by atoms with E-state index in [0.29, 0.717) is 6.42 Å². The van der Waals surface area contributed by atoms with Gasteiger partial charge in [0.2, 0.25) is 10.0 Å². The van der Waals surface area contributed by atoms with Crippen LogP contribution in [0.15, 0.2) is 47.4 Å². The van der Waals surface area contributed by atoms with Crippen LogP contribution in [0.3, 0.4) is 0 Å². The third-order valence-corrected chi connectivity index (χ3v) is 7.00. The summed E-state index contributed by atoms with van der Waals surface area (Å²) >= 11 is 1.54. The van der Waals surface area contributed by atoms with E-state index in [2.05, 4.69) is 9.71 Å². The smallest absolute Gasteiger partial charge is 0.244 e. The second-order valence-corrected chi connectivity index (χ2v) is 9.16. The van der Waals surface area contributed by atoms with Gasteiger partial charge in [-0.1, -0.05) is 29.8 Å². The normalized spacial score (nSPS) is 11.6. The van der Waals surface area contributed by atoms with Gasteiger partial charge in [0.05, 0.1) is 12.8 Å². The zero-order chi connectivity index (χ0) is 20.3. The lowest BCUT2D eigenvalue weighted by atomic mass is 10.2. The molecular weight excluding hydrogens is 399 g/mol. The Labute approximate surface area is 168 Å². The molecule has 28 heavy (non-hydrogen) atoms. The van der Waals surface area contributed by atoms with Crippen LogP contribution in [0.2, 0.25) is 0 Å². The maximum absolute atomic E-state index is 13.5. The number of ether oxygens (including phenoxy) is 1. The fourth-order valence-electron chi connectivity index (χ4n) is 2.72. The van der Waals surface area contributed by atoms with E-state index in [0.717, 1.165) is 33.3 Å². The van der Waals surface area contributed by atoms with Crippen molar-refractivity contribution in [3.8, 4) is 16.3 Å². The van der Waals surface area contributed by atoms with Crippen molar-refractivity contribution in [3.05, 3.63) is 64.4 Å². The van der Waals surface area contributed by atoms with Crippen molar-refractivity contribution < 1.29 is 17.5 Å². The van der Waals surface area contributed by atoms with Crippen molar-refractivity contribution >= 4 is 21.4 Å². The van der Waals surface area contributed by atoms with E-state index in [1.165, 1.54) is 18.7 Å². The van der Waals surface area contributed by atoms with E-state index >= 15 is 0 Å². The van der Waals surface area contributed by atoms with Crippen LogP contribution in [0.25, 0.3) is 10.6 Å². The van der Waals surface area contributed by atoms with Crippen molar-refractivity contribution in [1.82, 2.24) is 9.71 Å². The highest BCUT2D eigenvalue weighted by Crippen LogP contribution is 2.29. The van der Waals surface area contributed by atoms with Crippen LogP contribution in [0, 0.1) is 19.7 Å². The Bertz CT molecular complexity index is 1080. The SMILES string of the molecule is COc1ccc(F)cc1S(=O)(=O)NCCc1sc(-c2ccc(C)cc2)nc1C. The Hall–Kier alpha value is -2.29. The molecule has 148 valence electrons. The van der Waals surface area contributed by atoms with Gasteiger partial charge in [0.15, 0.2) is 0 Å². The van der Waals surface area contributed by atoms with E-state index in [1.807, 2.05) is 38.1 Å². The van der Waals surface area contributed by atoms with E-state index < -0.39 is 15.8 Å². The summed E-state index contributed by atoms with van der Waals surface area (Å²) in [6.07, 6.45) is 0.492. The van der Waals surface area contributed by atoms with Crippen LogP contribution in [-0.4, -0.2) is 27.1 Å². The summed E-state index contributed by atoms with van der Waals surface area (Å²) in [5, 5.41) is 0.905. The summed E-state index contributed by atoms with van der Waals surface area (Å²) < 4.78 is 46.1. The van der Waals surface area contributed by atoms with Gasteiger partial charge in [-0.15, -0.1) is 11.3 Å². The molecule has 0 amide bonds. The van der Waals surface area contributed by atoms with Crippen molar-refractivity contribution in [2.45, 2.75) is 25.2 Å². The van der Waals surface area contributed by atoms with Gasteiger partial charge in [-0.2, -0.15) is 0 Å². The van der Waals surface area contributed by atoms with Gasteiger partial charge in [0, 0.05) is 17.0 Å². The zero-order valence-electron chi connectivity index (χ0n) is 15.8. The van der Waals surface area contributed by atoms with Gasteiger partial charge >= 0.3 is 0 Å². The number of nitrogens with one attached hydrogen (secondary N) is 1. The number of hydrogen-bond donors (Lipinski definition) is 1. The van der Waals surface area contributed by atoms with Crippen LogP contribution in [-0.2, 0) is 16.4 Å². The molecule has 1 N–H and O–H groups in total. The Balaban J connectivity index is 1.71. The summed E-state index contributed by atoms with van der Waals surface area (Å²) in [5.41, 5.74) is 3.09. The van der Waals surface area contributed by atoms with Crippen molar-refractivity contribution in [3.63, 3.8) is 0 Å². The van der Waals surface area contributed by atoms with E-state index in [1.54, 1.807) is 11.3 Å². The molecule has 0 saturated heterocycles.